The van der Waals surface area contributed by atoms with Crippen molar-refractivity contribution in [3.05, 3.63) is 48.1 Å². The fourth-order valence-corrected chi connectivity index (χ4v) is 6.56. The molecular formula is C30H37F4N3O4. The molecule has 2 amide bonds. The maximum absolute atomic E-state index is 16.4. The number of carbonyl (C=O) groups excluding carboxylic acids is 2. The average molecular weight is 580 g/mol. The van der Waals surface area contributed by atoms with Gasteiger partial charge in [-0.25, -0.2) is 4.39 Å². The first kappa shape index (κ1) is 29.6. The first-order chi connectivity index (χ1) is 19.4. The summed E-state index contributed by atoms with van der Waals surface area (Å²) in [6.45, 7) is 1.77. The molecule has 4 aliphatic rings. The van der Waals surface area contributed by atoms with E-state index in [1.165, 1.54) is 6.08 Å². The van der Waals surface area contributed by atoms with Gasteiger partial charge in [0, 0.05) is 25.1 Å². The van der Waals surface area contributed by atoms with E-state index >= 15 is 4.39 Å². The van der Waals surface area contributed by atoms with Gasteiger partial charge in [0.2, 0.25) is 11.6 Å². The normalized spacial score (nSPS) is 28.7. The van der Waals surface area contributed by atoms with Gasteiger partial charge in [-0.3, -0.25) is 9.59 Å². The Kier molecular flexibility index (Phi) is 8.22. The number of alkyl halides is 4. The Morgan fingerprint density at radius 2 is 1.76 bits per heavy atom. The summed E-state index contributed by atoms with van der Waals surface area (Å²) in [6, 6.07) is 5.47. The molecule has 3 unspecified atom stereocenters. The number of nitrogens with two attached hydrogens (primary N) is 1. The third-order valence-electron chi connectivity index (χ3n) is 9.28. The highest BCUT2D eigenvalue weighted by molar-refractivity contribution is 6.02. The van der Waals surface area contributed by atoms with Crippen LogP contribution >= 0.6 is 0 Å². The van der Waals surface area contributed by atoms with Crippen LogP contribution in [-0.4, -0.2) is 83.5 Å². The number of benzene rings is 1. The highest BCUT2D eigenvalue weighted by Gasteiger charge is 2.58. The summed E-state index contributed by atoms with van der Waals surface area (Å²) in [6.07, 6.45) is 1.99. The van der Waals surface area contributed by atoms with E-state index in [4.69, 9.17) is 10.5 Å². The number of ether oxygens (including phenoxy) is 1. The monoisotopic (exact) mass is 579 g/mol. The topological polar surface area (TPSA) is 96.1 Å². The Bertz CT molecular complexity index is 1190. The van der Waals surface area contributed by atoms with Gasteiger partial charge < -0.3 is 25.4 Å². The maximum Gasteiger partial charge on any atom is 0.395 e. The molecule has 0 radical (unpaired) electrons. The second-order valence-electron chi connectivity index (χ2n) is 11.9. The Morgan fingerprint density at radius 3 is 2.34 bits per heavy atom. The molecule has 3 N–H and O–H groups in total. The summed E-state index contributed by atoms with van der Waals surface area (Å²) in [5.74, 6) is -0.982. The summed E-state index contributed by atoms with van der Waals surface area (Å²) in [7, 11) is 0. The molecule has 1 aromatic carbocycles. The van der Waals surface area contributed by atoms with Crippen LogP contribution in [0, 0.1) is 11.3 Å². The smallest absolute Gasteiger partial charge is 0.395 e. The lowest BCUT2D eigenvalue weighted by Gasteiger charge is -2.47. The maximum atomic E-state index is 16.4. The van der Waals surface area contributed by atoms with Gasteiger partial charge in [0.25, 0.3) is 5.91 Å². The predicted octanol–water partition coefficient (Wildman–Crippen LogP) is 4.01. The highest BCUT2D eigenvalue weighted by atomic mass is 19.4. The summed E-state index contributed by atoms with van der Waals surface area (Å²) in [4.78, 5) is 28.2. The van der Waals surface area contributed by atoms with E-state index in [0.29, 0.717) is 37.4 Å². The van der Waals surface area contributed by atoms with E-state index in [0.717, 1.165) is 17.7 Å². The van der Waals surface area contributed by atoms with Crippen LogP contribution in [0.2, 0.25) is 0 Å². The molecule has 41 heavy (non-hydrogen) atoms. The Balaban J connectivity index is 1.17. The first-order valence-corrected chi connectivity index (χ1v) is 14.3. The molecule has 2 saturated heterocycles. The molecule has 0 bridgehead atoms. The van der Waals surface area contributed by atoms with Gasteiger partial charge in [-0.2, -0.15) is 13.2 Å². The lowest BCUT2D eigenvalue weighted by atomic mass is 9.67. The van der Waals surface area contributed by atoms with Crippen molar-refractivity contribution < 1.29 is 37.0 Å². The molecule has 11 heteroatoms. The van der Waals surface area contributed by atoms with E-state index in [1.807, 2.05) is 4.90 Å². The van der Waals surface area contributed by atoms with Crippen molar-refractivity contribution in [2.24, 2.45) is 17.1 Å². The van der Waals surface area contributed by atoms with Gasteiger partial charge in [0.05, 0.1) is 18.1 Å². The number of hydrogen-bond donors (Lipinski definition) is 2. The van der Waals surface area contributed by atoms with Crippen molar-refractivity contribution in [1.82, 2.24) is 9.80 Å². The summed E-state index contributed by atoms with van der Waals surface area (Å²) in [5, 5.41) is 10.1. The second kappa shape index (κ2) is 11.4. The van der Waals surface area contributed by atoms with Crippen LogP contribution < -0.4 is 10.5 Å². The van der Waals surface area contributed by atoms with Gasteiger partial charge >= 0.3 is 6.18 Å². The van der Waals surface area contributed by atoms with Crippen molar-refractivity contribution in [1.29, 1.82) is 0 Å². The number of allylic oxidation sites excluding steroid dienone is 3. The van der Waals surface area contributed by atoms with Crippen LogP contribution in [0.4, 0.5) is 17.6 Å². The number of primary amides is 1. The number of carbonyl (C=O) groups is 2. The number of halogens is 4. The van der Waals surface area contributed by atoms with Gasteiger partial charge in [0.15, 0.2) is 0 Å². The predicted molar refractivity (Wildman–Crippen MR) is 144 cm³/mol. The van der Waals surface area contributed by atoms with Crippen LogP contribution in [0.5, 0.6) is 5.75 Å². The molecule has 2 aliphatic carbocycles. The minimum Gasteiger partial charge on any atom is -0.493 e. The van der Waals surface area contributed by atoms with Crippen molar-refractivity contribution in [3.63, 3.8) is 0 Å². The molecule has 7 nitrogen and oxygen atoms in total. The minimum absolute atomic E-state index is 0.0329. The minimum atomic E-state index is -4.15. The second-order valence-corrected chi connectivity index (χ2v) is 11.9. The lowest BCUT2D eigenvalue weighted by Crippen LogP contribution is -2.54. The van der Waals surface area contributed by atoms with Gasteiger partial charge in [-0.15, -0.1) is 0 Å². The fourth-order valence-electron chi connectivity index (χ4n) is 6.56. The number of likely N-dealkylation sites (tertiary alicyclic amines) is 2. The van der Waals surface area contributed by atoms with E-state index in [9.17, 15) is 27.9 Å². The van der Waals surface area contributed by atoms with Crippen molar-refractivity contribution in [2.45, 2.75) is 68.9 Å². The van der Waals surface area contributed by atoms with Crippen LogP contribution in [0.15, 0.2) is 42.5 Å². The number of hydrogen-bond acceptors (Lipinski definition) is 5. The Morgan fingerprint density at radius 1 is 1.07 bits per heavy atom. The molecule has 1 saturated carbocycles. The zero-order valence-electron chi connectivity index (χ0n) is 22.9. The standard InChI is InChI=1S/C30H37F4N3O4/c31-29(27(40)37-17-11-24(38)25(37)26(35)39)14-2-1-4-23(29)21-5-7-22(8-6-21)41-18-20-9-15-36(16-10-20)19-28(12-3-13-28)30(32,33)34/h1-2,4-8,20,24-25,38H,3,9-19H2,(H2,35,39). The zero-order chi connectivity index (χ0) is 29.4. The third kappa shape index (κ3) is 5.75. The van der Waals surface area contributed by atoms with E-state index in [1.54, 1.807) is 36.4 Å². The highest BCUT2D eigenvalue weighted by Crippen LogP contribution is 2.53. The Labute approximate surface area is 237 Å². The largest absolute Gasteiger partial charge is 0.493 e. The number of amides is 2. The number of aliphatic hydroxyl groups is 1. The van der Waals surface area contributed by atoms with Crippen LogP contribution in [0.1, 0.15) is 50.5 Å². The lowest BCUT2D eigenvalue weighted by molar-refractivity contribution is -0.256. The fraction of sp³-hybridized carbons (Fsp3) is 0.600. The van der Waals surface area contributed by atoms with Gasteiger partial charge in [0.1, 0.15) is 11.8 Å². The molecular weight excluding hydrogens is 542 g/mol. The van der Waals surface area contributed by atoms with Crippen molar-refractivity contribution in [3.8, 4) is 5.75 Å². The van der Waals surface area contributed by atoms with Gasteiger partial charge in [-0.1, -0.05) is 36.8 Å². The third-order valence-corrected chi connectivity index (χ3v) is 9.28. The number of nitrogens with zero attached hydrogens (tertiary/aromatic N) is 2. The van der Waals surface area contributed by atoms with Crippen molar-refractivity contribution >= 4 is 17.4 Å². The average Bonchev–Trinajstić information content (AvgIpc) is 3.31. The molecule has 224 valence electrons. The van der Waals surface area contributed by atoms with E-state index in [-0.39, 0.29) is 50.3 Å². The summed E-state index contributed by atoms with van der Waals surface area (Å²) in [5.41, 5.74) is 2.06. The first-order valence-electron chi connectivity index (χ1n) is 14.3. The van der Waals surface area contributed by atoms with Crippen LogP contribution in [0.3, 0.4) is 0 Å². The number of rotatable bonds is 8. The van der Waals surface area contributed by atoms with Crippen LogP contribution in [-0.2, 0) is 9.59 Å². The van der Waals surface area contributed by atoms with Crippen LogP contribution in [0.25, 0.3) is 5.57 Å². The van der Waals surface area contributed by atoms with Crippen molar-refractivity contribution in [2.75, 3.05) is 32.8 Å². The molecule has 3 fully saturated rings. The van der Waals surface area contributed by atoms with E-state index < -0.39 is 41.2 Å². The molecule has 2 heterocycles. The molecule has 0 spiro atoms. The molecule has 5 rings (SSSR count). The summed E-state index contributed by atoms with van der Waals surface area (Å²) < 4.78 is 63.0. The molecule has 0 aromatic heterocycles. The zero-order valence-corrected chi connectivity index (χ0v) is 22.9. The molecule has 1 aromatic rings. The molecule has 3 atom stereocenters. The quantitative estimate of drug-likeness (QED) is 0.454. The SMILES string of the molecule is NC(=O)C1C(O)CCN1C(=O)C1(F)CC=CC=C1c1ccc(OCC2CCN(CC3(C(F)(F)F)CCC3)CC2)cc1. The van der Waals surface area contributed by atoms with E-state index in [2.05, 4.69) is 0 Å². The number of aliphatic hydroxyl groups excluding tert-OH is 1. The molecule has 2 aliphatic heterocycles. The van der Waals surface area contributed by atoms with Gasteiger partial charge in [-0.05, 0) is 68.8 Å². The Hall–Kier alpha value is -2.92. The number of piperidine rings is 1. The summed E-state index contributed by atoms with van der Waals surface area (Å²) >= 11 is 0.